The lowest BCUT2D eigenvalue weighted by Crippen LogP contribution is -2.52. The first-order chi connectivity index (χ1) is 14.5. The summed E-state index contributed by atoms with van der Waals surface area (Å²) in [5.41, 5.74) is 3.38. The molecule has 2 N–H and O–H groups in total. The zero-order chi connectivity index (χ0) is 21.4. The van der Waals surface area contributed by atoms with Crippen molar-refractivity contribution in [3.05, 3.63) is 70.9 Å². The molecular formula is C22H19ClN2O5. The summed E-state index contributed by atoms with van der Waals surface area (Å²) in [5.74, 6) is -2.29. The molecule has 7 nitrogen and oxygen atoms in total. The number of halogens is 1. The average molecular weight is 427 g/mol. The summed E-state index contributed by atoms with van der Waals surface area (Å²) < 4.78 is 4.99. The summed E-state index contributed by atoms with van der Waals surface area (Å²) in [4.78, 5) is 41.6. The number of methoxy groups -OCH3 is 1. The maximum Gasteiger partial charge on any atom is 0.335 e. The highest BCUT2D eigenvalue weighted by Crippen LogP contribution is 2.41. The van der Waals surface area contributed by atoms with Gasteiger partial charge >= 0.3 is 11.9 Å². The van der Waals surface area contributed by atoms with Crippen molar-refractivity contribution in [2.45, 2.75) is 18.5 Å². The number of hydrogen-bond donors (Lipinski definition) is 2. The Bertz CT molecular complexity index is 1140. The lowest BCUT2D eigenvalue weighted by molar-refractivity contribution is -0.154. The van der Waals surface area contributed by atoms with E-state index in [1.165, 1.54) is 24.1 Å². The Morgan fingerprint density at radius 2 is 1.87 bits per heavy atom. The topological polar surface area (TPSA) is 99.7 Å². The number of H-pyrrole nitrogens is 1. The molecule has 0 radical (unpaired) electrons. The minimum absolute atomic E-state index is 0.131. The minimum atomic E-state index is -1.04. The fourth-order valence-electron chi connectivity index (χ4n) is 4.14. The fraction of sp³-hybridized carbons (Fsp3) is 0.227. The van der Waals surface area contributed by atoms with Crippen molar-refractivity contribution < 1.29 is 24.2 Å². The van der Waals surface area contributed by atoms with Crippen LogP contribution in [0.15, 0.2) is 48.5 Å². The van der Waals surface area contributed by atoms with Crippen molar-refractivity contribution >= 4 is 40.3 Å². The number of nitrogens with zero attached hydrogens (tertiary/aromatic N) is 1. The van der Waals surface area contributed by atoms with Crippen molar-refractivity contribution in [1.82, 2.24) is 9.88 Å². The van der Waals surface area contributed by atoms with E-state index in [2.05, 4.69) is 4.98 Å². The Kier molecular flexibility index (Phi) is 5.22. The number of aromatic nitrogens is 1. The highest BCUT2D eigenvalue weighted by atomic mass is 35.5. The molecule has 1 aliphatic rings. The first-order valence-corrected chi connectivity index (χ1v) is 9.87. The highest BCUT2D eigenvalue weighted by molar-refractivity contribution is 6.27. The van der Waals surface area contributed by atoms with Gasteiger partial charge in [-0.3, -0.25) is 4.79 Å². The maximum atomic E-state index is 12.9. The van der Waals surface area contributed by atoms with E-state index in [1.807, 2.05) is 24.3 Å². The number of para-hydroxylation sites is 1. The van der Waals surface area contributed by atoms with Gasteiger partial charge in [0.2, 0.25) is 5.91 Å². The number of aromatic amines is 1. The monoisotopic (exact) mass is 426 g/mol. The third-order valence-corrected chi connectivity index (χ3v) is 5.71. The number of esters is 1. The van der Waals surface area contributed by atoms with E-state index in [4.69, 9.17) is 16.3 Å². The normalized spacial score (nSPS) is 18.1. The Balaban J connectivity index is 1.95. The lowest BCUT2D eigenvalue weighted by Gasteiger charge is -2.40. The molecule has 0 aliphatic carbocycles. The van der Waals surface area contributed by atoms with Gasteiger partial charge in [0.15, 0.2) is 0 Å². The summed E-state index contributed by atoms with van der Waals surface area (Å²) >= 11 is 5.89. The Morgan fingerprint density at radius 3 is 2.50 bits per heavy atom. The molecule has 0 saturated heterocycles. The molecule has 0 fully saturated rings. The number of hydrogen-bond acceptors (Lipinski definition) is 4. The van der Waals surface area contributed by atoms with Gasteiger partial charge in [-0.25, -0.2) is 9.59 Å². The third-order valence-electron chi connectivity index (χ3n) is 5.48. The fourth-order valence-corrected chi connectivity index (χ4v) is 4.28. The van der Waals surface area contributed by atoms with Gasteiger partial charge < -0.3 is 19.7 Å². The number of alkyl halides is 1. The number of amides is 1. The van der Waals surface area contributed by atoms with Crippen LogP contribution in [-0.2, 0) is 20.7 Å². The largest absolute Gasteiger partial charge is 0.478 e. The molecule has 0 saturated carbocycles. The minimum Gasteiger partial charge on any atom is -0.478 e. The van der Waals surface area contributed by atoms with Crippen molar-refractivity contribution in [1.29, 1.82) is 0 Å². The van der Waals surface area contributed by atoms with Gasteiger partial charge in [0, 0.05) is 23.0 Å². The molecule has 1 aliphatic heterocycles. The molecule has 30 heavy (non-hydrogen) atoms. The molecule has 4 rings (SSSR count). The van der Waals surface area contributed by atoms with Crippen LogP contribution in [-0.4, -0.2) is 51.9 Å². The number of rotatable bonds is 4. The van der Waals surface area contributed by atoms with Crippen molar-refractivity contribution in [2.24, 2.45) is 0 Å². The molecule has 0 spiro atoms. The summed E-state index contributed by atoms with van der Waals surface area (Å²) in [5, 5.41) is 10.2. The first kappa shape index (κ1) is 20.0. The van der Waals surface area contributed by atoms with Gasteiger partial charge in [-0.2, -0.15) is 0 Å². The number of carbonyl (C=O) groups is 3. The van der Waals surface area contributed by atoms with E-state index < -0.39 is 29.9 Å². The average Bonchev–Trinajstić information content (AvgIpc) is 3.15. The second kappa shape index (κ2) is 7.84. The van der Waals surface area contributed by atoms with Crippen LogP contribution in [0.3, 0.4) is 0 Å². The first-order valence-electron chi connectivity index (χ1n) is 9.34. The third kappa shape index (κ3) is 3.21. The van der Waals surface area contributed by atoms with Crippen LogP contribution < -0.4 is 0 Å². The zero-order valence-electron chi connectivity index (χ0n) is 16.1. The Hall–Kier alpha value is -3.32. The molecule has 1 amide bonds. The summed E-state index contributed by atoms with van der Waals surface area (Å²) in [6.07, 6.45) is 0.290. The molecule has 154 valence electrons. The number of nitrogens with one attached hydrogen (secondary N) is 1. The second-order valence-corrected chi connectivity index (χ2v) is 7.34. The van der Waals surface area contributed by atoms with Crippen LogP contribution >= 0.6 is 11.6 Å². The standard InChI is InChI=1S/C22H19ClN2O5/c1-30-22(29)17-10-15-14-4-2-3-5-16(14)24-19(15)20(25(17)18(26)11-23)12-6-8-13(9-7-12)21(27)28/h2-9,17,20,24H,10-11H2,1H3,(H,27,28)/t17-,20+/m1/s1. The summed E-state index contributed by atoms with van der Waals surface area (Å²) in [6, 6.07) is 12.5. The summed E-state index contributed by atoms with van der Waals surface area (Å²) in [6.45, 7) is 0. The van der Waals surface area contributed by atoms with Gasteiger partial charge in [-0.15, -0.1) is 11.6 Å². The van der Waals surface area contributed by atoms with E-state index in [1.54, 1.807) is 12.1 Å². The predicted molar refractivity (Wildman–Crippen MR) is 111 cm³/mol. The van der Waals surface area contributed by atoms with Gasteiger partial charge in [0.25, 0.3) is 0 Å². The molecule has 2 heterocycles. The van der Waals surface area contributed by atoms with Crippen LogP contribution in [0.4, 0.5) is 0 Å². The number of ether oxygens (including phenoxy) is 1. The second-order valence-electron chi connectivity index (χ2n) is 7.07. The van der Waals surface area contributed by atoms with Crippen LogP contribution in [0, 0.1) is 0 Å². The number of aromatic carboxylic acids is 1. The smallest absolute Gasteiger partial charge is 0.335 e. The zero-order valence-corrected chi connectivity index (χ0v) is 16.8. The molecule has 3 aromatic rings. The van der Waals surface area contributed by atoms with Crippen LogP contribution in [0.2, 0.25) is 0 Å². The maximum absolute atomic E-state index is 12.9. The molecule has 2 aromatic carbocycles. The van der Waals surface area contributed by atoms with E-state index in [9.17, 15) is 19.5 Å². The molecule has 1 aromatic heterocycles. The predicted octanol–water partition coefficient (Wildman–Crippen LogP) is 3.12. The number of carbonyl (C=O) groups excluding carboxylic acids is 2. The van der Waals surface area contributed by atoms with Crippen molar-refractivity contribution in [3.8, 4) is 0 Å². The van der Waals surface area contributed by atoms with E-state index in [0.717, 1.165) is 22.2 Å². The SMILES string of the molecule is COC(=O)[C@H]1Cc2c([nH]c3ccccc23)[C@H](c2ccc(C(=O)O)cc2)N1C(=O)CCl. The van der Waals surface area contributed by atoms with Crippen molar-refractivity contribution in [3.63, 3.8) is 0 Å². The number of carboxylic acid groups (broad SMARTS) is 1. The number of carboxylic acids is 1. The van der Waals surface area contributed by atoms with Gasteiger partial charge in [-0.1, -0.05) is 30.3 Å². The lowest BCUT2D eigenvalue weighted by atomic mass is 9.87. The molecule has 0 unspecified atom stereocenters. The van der Waals surface area contributed by atoms with Crippen LogP contribution in [0.25, 0.3) is 10.9 Å². The summed E-state index contributed by atoms with van der Waals surface area (Å²) in [7, 11) is 1.28. The molecule has 0 bridgehead atoms. The quantitative estimate of drug-likeness (QED) is 0.493. The molecule has 8 heteroatoms. The number of fused-ring (bicyclic) bond motifs is 3. The Labute approximate surface area is 177 Å². The van der Waals surface area contributed by atoms with Crippen LogP contribution in [0.1, 0.15) is 33.2 Å². The molecule has 2 atom stereocenters. The highest BCUT2D eigenvalue weighted by Gasteiger charge is 2.43. The van der Waals surface area contributed by atoms with E-state index in [-0.39, 0.29) is 11.4 Å². The van der Waals surface area contributed by atoms with Gasteiger partial charge in [0.05, 0.1) is 18.7 Å². The van der Waals surface area contributed by atoms with Gasteiger partial charge in [-0.05, 0) is 29.3 Å². The number of benzene rings is 2. The Morgan fingerprint density at radius 1 is 1.17 bits per heavy atom. The van der Waals surface area contributed by atoms with Gasteiger partial charge in [0.1, 0.15) is 11.9 Å². The van der Waals surface area contributed by atoms with Crippen LogP contribution in [0.5, 0.6) is 0 Å². The van der Waals surface area contributed by atoms with Crippen molar-refractivity contribution in [2.75, 3.05) is 13.0 Å². The van der Waals surface area contributed by atoms with E-state index >= 15 is 0 Å². The van der Waals surface area contributed by atoms with E-state index in [0.29, 0.717) is 12.0 Å². The molecular weight excluding hydrogens is 408 g/mol.